The SMILES string of the molecule is C.Cc1[c-]nccc1.Cc1ccc2nc(NC(=O)N3CC=C(OS(=O)(=O)C(F)(F)F)CC3)sc2c1.Cc1ccc2nc(NC(=O)N3CC=C(c4ncccc4C)CC3)sc2c1.[Zn+][Br]. The minimum atomic E-state index is -5.70. The number of hydrogen-bond acceptors (Lipinski definition) is 11. The van der Waals surface area contributed by atoms with E-state index in [9.17, 15) is 31.2 Å². The average Bonchev–Trinajstić information content (AvgIpc) is 3.84. The summed E-state index contributed by atoms with van der Waals surface area (Å²) in [5.74, 6) is -0.341. The number of urea groups is 2. The molecule has 4 amide bonds. The summed E-state index contributed by atoms with van der Waals surface area (Å²) in [7, 11) is -5.70. The maximum absolute atomic E-state index is 12.6. The van der Waals surface area contributed by atoms with Gasteiger partial charge in [0.15, 0.2) is 10.3 Å². The van der Waals surface area contributed by atoms with Crippen LogP contribution in [-0.2, 0) is 30.6 Å². The quantitative estimate of drug-likeness (QED) is 0.0741. The molecule has 13 nitrogen and oxygen atoms in total. The normalized spacial score (nSPS) is 13.7. The van der Waals surface area contributed by atoms with E-state index in [0.29, 0.717) is 23.4 Å². The first kappa shape index (κ1) is 50.8. The summed E-state index contributed by atoms with van der Waals surface area (Å²) in [6.45, 7) is 9.21. The molecule has 0 bridgehead atoms. The first-order valence-corrected chi connectivity index (χ1v) is 28.8. The van der Waals surface area contributed by atoms with Crippen molar-refractivity contribution >= 4 is 94.7 Å². The van der Waals surface area contributed by atoms with Crippen molar-refractivity contribution in [2.45, 2.75) is 53.5 Å². The van der Waals surface area contributed by atoms with Gasteiger partial charge in [-0.2, -0.15) is 33.7 Å². The van der Waals surface area contributed by atoms with E-state index >= 15 is 0 Å². The Hall–Kier alpha value is -4.82. The molecule has 4 aromatic heterocycles. The van der Waals surface area contributed by atoms with Crippen molar-refractivity contribution < 1.29 is 51.7 Å². The van der Waals surface area contributed by atoms with Gasteiger partial charge in [0, 0.05) is 38.8 Å². The van der Waals surface area contributed by atoms with E-state index in [4.69, 9.17) is 0 Å². The number of fused-ring (bicyclic) bond motifs is 2. The molecule has 2 aliphatic rings. The van der Waals surface area contributed by atoms with E-state index in [-0.39, 0.29) is 38.7 Å². The van der Waals surface area contributed by atoms with Crippen LogP contribution < -0.4 is 10.6 Å². The van der Waals surface area contributed by atoms with Gasteiger partial charge in [0.25, 0.3) is 0 Å². The molecule has 6 aromatic rings. The number of alkyl halides is 3. The Kier molecular flexibility index (Phi) is 18.7. The molecule has 0 spiro atoms. The number of thiazole rings is 2. The van der Waals surface area contributed by atoms with Crippen LogP contribution in [0.2, 0.25) is 0 Å². The number of aromatic nitrogens is 4. The summed E-state index contributed by atoms with van der Waals surface area (Å²) in [4.78, 5) is 45.0. The number of rotatable bonds is 5. The predicted octanol–water partition coefficient (Wildman–Crippen LogP) is 10.9. The van der Waals surface area contributed by atoms with Crippen molar-refractivity contribution in [3.05, 3.63) is 125 Å². The zero-order chi connectivity index (χ0) is 45.0. The number of carbonyl (C=O) groups is 2. The molecule has 2 N–H and O–H groups in total. The van der Waals surface area contributed by atoms with Gasteiger partial charge in [-0.3, -0.25) is 15.6 Å². The molecule has 0 radical (unpaired) electrons. The molecule has 0 fully saturated rings. The molecular formula is C42H44BrF3N8O5S3Zn. The third-order valence-electron chi connectivity index (χ3n) is 9.03. The van der Waals surface area contributed by atoms with Gasteiger partial charge in [-0.1, -0.05) is 73.7 Å². The van der Waals surface area contributed by atoms with Crippen LogP contribution in [0.1, 0.15) is 48.2 Å². The topological polar surface area (TPSA) is 160 Å². The van der Waals surface area contributed by atoms with Gasteiger partial charge in [0.05, 0.1) is 26.1 Å². The molecule has 2 aliphatic heterocycles. The summed E-state index contributed by atoms with van der Waals surface area (Å²) < 4.78 is 65.1. The fourth-order valence-electron chi connectivity index (χ4n) is 5.91. The van der Waals surface area contributed by atoms with Gasteiger partial charge in [0.2, 0.25) is 0 Å². The summed E-state index contributed by atoms with van der Waals surface area (Å²) >= 11 is 7.06. The molecule has 6 heterocycles. The van der Waals surface area contributed by atoms with Gasteiger partial charge in [-0.25, -0.2) is 19.6 Å². The number of halogens is 4. The molecule has 2 aromatic carbocycles. The van der Waals surface area contributed by atoms with E-state index in [1.165, 1.54) is 60.6 Å². The van der Waals surface area contributed by atoms with Gasteiger partial charge in [0.1, 0.15) is 5.76 Å². The van der Waals surface area contributed by atoms with Crippen LogP contribution in [0.5, 0.6) is 0 Å². The van der Waals surface area contributed by atoms with Crippen LogP contribution in [0.4, 0.5) is 33.0 Å². The van der Waals surface area contributed by atoms with Crippen molar-refractivity contribution in [1.82, 2.24) is 29.7 Å². The number of amides is 4. The van der Waals surface area contributed by atoms with E-state index in [1.807, 2.05) is 68.6 Å². The number of benzene rings is 2. The Morgan fingerprint density at radius 3 is 1.78 bits per heavy atom. The Morgan fingerprint density at radius 2 is 1.35 bits per heavy atom. The summed E-state index contributed by atoms with van der Waals surface area (Å²) in [5.41, 5.74) is 2.92. The Bertz CT molecular complexity index is 2680. The molecule has 63 heavy (non-hydrogen) atoms. The third-order valence-corrected chi connectivity index (χ3v) is 11.9. The second-order valence-corrected chi connectivity index (χ2v) is 17.3. The van der Waals surface area contributed by atoms with Crippen molar-refractivity contribution in [2.75, 3.05) is 36.8 Å². The monoisotopic (exact) mass is 1040 g/mol. The molecule has 0 unspecified atom stereocenters. The first-order chi connectivity index (χ1) is 29.5. The zero-order valence-electron chi connectivity index (χ0n) is 34.0. The minimum absolute atomic E-state index is 0. The molecule has 8 rings (SSSR count). The number of anilines is 2. The number of nitrogens with zero attached hydrogens (tertiary/aromatic N) is 6. The second-order valence-electron chi connectivity index (χ2n) is 13.7. The molecule has 0 aliphatic carbocycles. The van der Waals surface area contributed by atoms with E-state index in [0.717, 1.165) is 49.8 Å². The van der Waals surface area contributed by atoms with E-state index in [1.54, 1.807) is 11.1 Å². The van der Waals surface area contributed by atoms with Gasteiger partial charge in [-0.05, 0) is 85.9 Å². The van der Waals surface area contributed by atoms with Crippen LogP contribution in [0, 0.1) is 33.9 Å². The molecule has 330 valence electrons. The number of aryl methyl sites for hydroxylation is 4. The third kappa shape index (κ3) is 14.3. The van der Waals surface area contributed by atoms with Gasteiger partial charge >= 0.3 is 57.7 Å². The number of carbonyl (C=O) groups excluding carboxylic acids is 2. The maximum atomic E-state index is 12.6. The van der Waals surface area contributed by atoms with Crippen LogP contribution >= 0.6 is 36.3 Å². The summed E-state index contributed by atoms with van der Waals surface area (Å²) in [6, 6.07) is 19.1. The van der Waals surface area contributed by atoms with Crippen LogP contribution in [-0.4, -0.2) is 81.9 Å². The number of pyridine rings is 2. The van der Waals surface area contributed by atoms with E-state index < -0.39 is 21.7 Å². The Labute approximate surface area is 389 Å². The van der Waals surface area contributed by atoms with Crippen molar-refractivity contribution in [1.29, 1.82) is 0 Å². The Balaban J connectivity index is 0.000000228. The summed E-state index contributed by atoms with van der Waals surface area (Å²) in [6.07, 6.45) is 10.2. The van der Waals surface area contributed by atoms with Crippen LogP contribution in [0.3, 0.4) is 0 Å². The molecular weight excluding hydrogens is 995 g/mol. The molecule has 0 atom stereocenters. The van der Waals surface area contributed by atoms with Crippen molar-refractivity contribution in [3.63, 3.8) is 0 Å². The van der Waals surface area contributed by atoms with Crippen LogP contribution in [0.25, 0.3) is 26.0 Å². The average molecular weight is 1040 g/mol. The van der Waals surface area contributed by atoms with Gasteiger partial charge < -0.3 is 19.0 Å². The molecule has 21 heteroatoms. The summed E-state index contributed by atoms with van der Waals surface area (Å²) in [5, 5.41) is 6.61. The van der Waals surface area contributed by atoms with Crippen molar-refractivity contribution in [3.8, 4) is 0 Å². The number of nitrogens with one attached hydrogen (secondary N) is 2. The molecule has 0 saturated heterocycles. The molecule has 0 saturated carbocycles. The Morgan fingerprint density at radius 1 is 0.810 bits per heavy atom. The number of hydrogen-bond donors (Lipinski definition) is 2. The predicted molar refractivity (Wildman–Crippen MR) is 244 cm³/mol. The van der Waals surface area contributed by atoms with Crippen molar-refractivity contribution in [2.24, 2.45) is 0 Å². The zero-order valence-corrected chi connectivity index (χ0v) is 41.0. The fourth-order valence-corrected chi connectivity index (χ4v) is 8.34. The van der Waals surface area contributed by atoms with Gasteiger partial charge in [-0.15, -0.1) is 5.56 Å². The standard InChI is InChI=1S/C20H20N4OS.C15H14F3N3O4S2.C6H6N.CH4.BrH.Zn/c1-13-5-6-16-17(12-13)26-19(22-16)23-20(25)24-10-7-15(8-11-24)18-14(2)4-3-9-21-18;1-9-2-3-11-12(8-9)26-13(19-11)20-14(22)21-6-4-10(5-7-21)25-27(23,24)15(16,17)18;1-6-3-2-4-7-5-6;;;/h3-7,9,12H,8,10-11H2,1-2H3,(H,22,23,25);2-4,8H,5-7H2,1H3,(H,19,20,22);2-4H,1H3;1H4;1H;/q;;-1;;;+2/p-1. The van der Waals surface area contributed by atoms with E-state index in [2.05, 4.69) is 86.6 Å². The second kappa shape index (κ2) is 23.2. The first-order valence-electron chi connectivity index (χ1n) is 18.8. The van der Waals surface area contributed by atoms with Crippen LogP contribution in [0.15, 0.2) is 91.0 Å². The fraction of sp³-hybridized carbons (Fsp3) is 0.286.